The highest BCUT2D eigenvalue weighted by Gasteiger charge is 2.12. The largest absolute Gasteiger partial charge is 0.398 e. The van der Waals surface area contributed by atoms with Crippen LogP contribution in [0.3, 0.4) is 0 Å². The molecule has 0 atom stereocenters. The molecule has 0 saturated carbocycles. The molecule has 1 aromatic heterocycles. The summed E-state index contributed by atoms with van der Waals surface area (Å²) in [4.78, 5) is 2.25. The summed E-state index contributed by atoms with van der Waals surface area (Å²) in [6.45, 7) is 0. The number of nitrogens with two attached hydrogens (primary N) is 2. The predicted molar refractivity (Wildman–Crippen MR) is 230 cm³/mol. The van der Waals surface area contributed by atoms with Gasteiger partial charge in [-0.05, 0) is 79.5 Å². The maximum absolute atomic E-state index is 6.60. The van der Waals surface area contributed by atoms with Crippen molar-refractivity contribution in [1.29, 1.82) is 0 Å². The third kappa shape index (κ3) is 7.52. The van der Waals surface area contributed by atoms with Crippen LogP contribution in [0.4, 0.5) is 11.4 Å². The lowest BCUT2D eigenvalue weighted by Gasteiger charge is -2.10. The average Bonchev–Trinajstić information content (AvgIpc) is 3.71. The zero-order valence-electron chi connectivity index (χ0n) is 29.2. The summed E-state index contributed by atoms with van der Waals surface area (Å²) in [6.07, 6.45) is 0. The van der Waals surface area contributed by atoms with E-state index in [9.17, 15) is 0 Å². The highest BCUT2D eigenvalue weighted by Crippen LogP contribution is 2.41. The molecule has 0 spiro atoms. The maximum atomic E-state index is 6.60. The van der Waals surface area contributed by atoms with Gasteiger partial charge in [0.1, 0.15) is 0 Å². The van der Waals surface area contributed by atoms with E-state index in [4.69, 9.17) is 11.5 Å². The van der Waals surface area contributed by atoms with Crippen LogP contribution < -0.4 is 11.5 Å². The summed E-state index contributed by atoms with van der Waals surface area (Å²) >= 11 is 1.71. The van der Waals surface area contributed by atoms with E-state index >= 15 is 0 Å². The minimum atomic E-state index is 0.764. The van der Waals surface area contributed by atoms with E-state index in [-0.39, 0.29) is 0 Å². The van der Waals surface area contributed by atoms with Crippen molar-refractivity contribution in [3.05, 3.63) is 206 Å². The summed E-state index contributed by atoms with van der Waals surface area (Å²) in [5.74, 6) is 0. The Bertz CT molecular complexity index is 2390. The Kier molecular flexibility index (Phi) is 9.65. The van der Waals surface area contributed by atoms with Crippen LogP contribution in [0.15, 0.2) is 206 Å². The molecule has 0 unspecified atom stereocenters. The van der Waals surface area contributed by atoms with Gasteiger partial charge in [0.25, 0.3) is 0 Å². The molecule has 1 heterocycles. The van der Waals surface area contributed by atoms with Gasteiger partial charge in [-0.2, -0.15) is 0 Å². The molecule has 0 aliphatic heterocycles. The van der Waals surface area contributed by atoms with Gasteiger partial charge in [-0.1, -0.05) is 182 Å². The standard InChI is InChI=1S/C40H30N2S.C10H8/c41-37-25-33(31-15-11-29(12-16-31)27-7-3-1-4-8-27)19-21-35(37)39-23-24-40(43-39)36-22-20-34(26-38(36)42)32-17-13-30(14-18-32)28-9-5-2-6-10-28;1-2-6-10-8-4-3-7-9(10)5-1/h1-26H,41-42H2;1-8H. The lowest BCUT2D eigenvalue weighted by atomic mass is 9.98. The second-order valence-corrected chi connectivity index (χ2v) is 14.1. The monoisotopic (exact) mass is 698 g/mol. The number of nitrogen functional groups attached to an aromatic ring is 2. The van der Waals surface area contributed by atoms with Gasteiger partial charge in [0.2, 0.25) is 0 Å². The van der Waals surface area contributed by atoms with Gasteiger partial charge in [-0.25, -0.2) is 0 Å². The van der Waals surface area contributed by atoms with Crippen molar-refractivity contribution in [2.75, 3.05) is 11.5 Å². The summed E-state index contributed by atoms with van der Waals surface area (Å²) in [7, 11) is 0. The summed E-state index contributed by atoms with van der Waals surface area (Å²) in [5, 5.41) is 2.62. The SMILES string of the molecule is Nc1cc(-c2ccc(-c3ccccc3)cc2)ccc1-c1ccc(-c2ccc(-c3ccc(-c4ccccc4)cc3)cc2N)s1.c1ccc2ccccc2c1. The number of rotatable bonds is 6. The molecule has 53 heavy (non-hydrogen) atoms. The Morgan fingerprint density at radius 1 is 0.264 bits per heavy atom. The normalized spacial score (nSPS) is 10.8. The zero-order valence-corrected chi connectivity index (χ0v) is 30.0. The van der Waals surface area contributed by atoms with E-state index in [1.165, 1.54) is 33.0 Å². The Balaban J connectivity index is 0.000000344. The van der Waals surface area contributed by atoms with E-state index in [1.807, 2.05) is 12.1 Å². The third-order valence-corrected chi connectivity index (χ3v) is 10.7. The smallest absolute Gasteiger partial charge is 0.0408 e. The molecular weight excluding hydrogens is 661 g/mol. The molecule has 9 rings (SSSR count). The molecule has 8 aromatic carbocycles. The molecule has 0 saturated heterocycles. The minimum absolute atomic E-state index is 0.764. The fourth-order valence-electron chi connectivity index (χ4n) is 6.67. The van der Waals surface area contributed by atoms with Crippen LogP contribution in [0, 0.1) is 0 Å². The summed E-state index contributed by atoms with van der Waals surface area (Å²) < 4.78 is 0. The molecule has 0 bridgehead atoms. The van der Waals surface area contributed by atoms with E-state index in [0.29, 0.717) is 0 Å². The van der Waals surface area contributed by atoms with Crippen molar-refractivity contribution in [3.8, 4) is 65.4 Å². The van der Waals surface area contributed by atoms with Crippen molar-refractivity contribution in [2.24, 2.45) is 0 Å². The molecule has 2 nitrogen and oxygen atoms in total. The van der Waals surface area contributed by atoms with Gasteiger partial charge >= 0.3 is 0 Å². The lowest BCUT2D eigenvalue weighted by Crippen LogP contribution is -1.90. The van der Waals surface area contributed by atoms with E-state index < -0.39 is 0 Å². The van der Waals surface area contributed by atoms with Crippen LogP contribution in [0.2, 0.25) is 0 Å². The predicted octanol–water partition coefficient (Wildman–Crippen LogP) is 13.8. The molecule has 0 aliphatic carbocycles. The van der Waals surface area contributed by atoms with Crippen LogP contribution in [-0.2, 0) is 0 Å². The average molecular weight is 699 g/mol. The molecular formula is C50H38N2S. The van der Waals surface area contributed by atoms with Crippen LogP contribution in [0.1, 0.15) is 0 Å². The minimum Gasteiger partial charge on any atom is -0.398 e. The zero-order chi connectivity index (χ0) is 36.0. The van der Waals surface area contributed by atoms with Crippen molar-refractivity contribution < 1.29 is 0 Å². The second-order valence-electron chi connectivity index (χ2n) is 13.0. The number of fused-ring (bicyclic) bond motifs is 1. The number of thiophene rings is 1. The summed E-state index contributed by atoms with van der Waals surface area (Å²) in [6, 6.07) is 71.8. The first-order valence-electron chi connectivity index (χ1n) is 17.7. The number of hydrogen-bond donors (Lipinski definition) is 2. The maximum Gasteiger partial charge on any atom is 0.0408 e. The van der Waals surface area contributed by atoms with E-state index in [0.717, 1.165) is 54.5 Å². The Morgan fingerprint density at radius 2 is 0.547 bits per heavy atom. The van der Waals surface area contributed by atoms with Crippen LogP contribution in [-0.4, -0.2) is 0 Å². The van der Waals surface area contributed by atoms with Crippen LogP contribution in [0.5, 0.6) is 0 Å². The first kappa shape index (κ1) is 33.5. The van der Waals surface area contributed by atoms with Gasteiger partial charge in [0.05, 0.1) is 0 Å². The highest BCUT2D eigenvalue weighted by molar-refractivity contribution is 7.19. The topological polar surface area (TPSA) is 52.0 Å². The first-order valence-corrected chi connectivity index (χ1v) is 18.6. The summed E-state index contributed by atoms with van der Waals surface area (Å²) in [5.41, 5.74) is 26.1. The fraction of sp³-hybridized carbons (Fsp3) is 0. The van der Waals surface area contributed by atoms with Gasteiger partial charge < -0.3 is 11.5 Å². The highest BCUT2D eigenvalue weighted by atomic mass is 32.1. The third-order valence-electron chi connectivity index (χ3n) is 9.55. The molecule has 0 amide bonds. The molecule has 0 fully saturated rings. The molecule has 4 N–H and O–H groups in total. The van der Waals surface area contributed by atoms with E-state index in [2.05, 4.69) is 194 Å². The Labute approximate surface area is 315 Å². The van der Waals surface area contributed by atoms with Gasteiger partial charge in [-0.15, -0.1) is 11.3 Å². The second kappa shape index (κ2) is 15.3. The van der Waals surface area contributed by atoms with Crippen molar-refractivity contribution in [2.45, 2.75) is 0 Å². The number of hydrogen-bond acceptors (Lipinski definition) is 3. The molecule has 0 aliphatic rings. The van der Waals surface area contributed by atoms with Gasteiger partial charge in [0.15, 0.2) is 0 Å². The fourth-order valence-corrected chi connectivity index (χ4v) is 7.77. The molecule has 254 valence electrons. The Hall–Kier alpha value is -6.68. The quantitative estimate of drug-likeness (QED) is 0.170. The van der Waals surface area contributed by atoms with Gasteiger partial charge in [0, 0.05) is 32.3 Å². The van der Waals surface area contributed by atoms with E-state index in [1.54, 1.807) is 11.3 Å². The lowest BCUT2D eigenvalue weighted by molar-refractivity contribution is 1.58. The van der Waals surface area contributed by atoms with Crippen molar-refractivity contribution in [1.82, 2.24) is 0 Å². The number of benzene rings is 8. The number of anilines is 2. The Morgan fingerprint density at radius 3 is 0.887 bits per heavy atom. The molecule has 0 radical (unpaired) electrons. The van der Waals surface area contributed by atoms with Crippen LogP contribution in [0.25, 0.3) is 76.2 Å². The van der Waals surface area contributed by atoms with Gasteiger partial charge in [-0.3, -0.25) is 0 Å². The van der Waals surface area contributed by atoms with Crippen molar-refractivity contribution in [3.63, 3.8) is 0 Å². The molecule has 3 heteroatoms. The van der Waals surface area contributed by atoms with Crippen molar-refractivity contribution >= 4 is 33.5 Å². The van der Waals surface area contributed by atoms with Crippen LogP contribution >= 0.6 is 11.3 Å². The first-order chi connectivity index (χ1) is 26.1. The molecule has 9 aromatic rings.